The molecule has 2 rings (SSSR count). The van der Waals surface area contributed by atoms with Crippen molar-refractivity contribution in [3.63, 3.8) is 0 Å². The van der Waals surface area contributed by atoms with Gasteiger partial charge in [-0.25, -0.2) is 0 Å². The minimum Gasteiger partial charge on any atom is -0.490 e. The van der Waals surface area contributed by atoms with Crippen molar-refractivity contribution in [2.75, 3.05) is 0 Å². The summed E-state index contributed by atoms with van der Waals surface area (Å²) in [6.07, 6.45) is 5.16. The van der Waals surface area contributed by atoms with Gasteiger partial charge in [0.1, 0.15) is 10.7 Å². The van der Waals surface area contributed by atoms with Crippen LogP contribution in [0.4, 0.5) is 0 Å². The van der Waals surface area contributed by atoms with Gasteiger partial charge in [-0.1, -0.05) is 18.3 Å². The SMILES string of the molecule is Cc1ccc(C(N)=S)c(OC2CCCC2)c1. The Hall–Kier alpha value is -1.09. The zero-order valence-electron chi connectivity index (χ0n) is 9.53. The first-order valence-electron chi connectivity index (χ1n) is 5.74. The van der Waals surface area contributed by atoms with E-state index in [2.05, 4.69) is 0 Å². The predicted octanol–water partition coefficient (Wildman–Crippen LogP) is 2.95. The van der Waals surface area contributed by atoms with Gasteiger partial charge in [0.15, 0.2) is 0 Å². The van der Waals surface area contributed by atoms with Crippen molar-refractivity contribution in [2.45, 2.75) is 38.7 Å². The van der Waals surface area contributed by atoms with E-state index >= 15 is 0 Å². The Bertz CT molecular complexity index is 397. The fraction of sp³-hybridized carbons (Fsp3) is 0.462. The minimum atomic E-state index is 0.342. The van der Waals surface area contributed by atoms with Crippen LogP contribution in [0, 0.1) is 6.92 Å². The molecule has 1 aromatic rings. The highest BCUT2D eigenvalue weighted by Crippen LogP contribution is 2.27. The van der Waals surface area contributed by atoms with Crippen LogP contribution in [-0.4, -0.2) is 11.1 Å². The molecular weight excluding hydrogens is 218 g/mol. The molecule has 2 N–H and O–H groups in total. The number of hydrogen-bond acceptors (Lipinski definition) is 2. The summed E-state index contributed by atoms with van der Waals surface area (Å²) in [5, 5.41) is 0. The number of thiocarbonyl (C=S) groups is 1. The first kappa shape index (κ1) is 11.4. The fourth-order valence-corrected chi connectivity index (χ4v) is 2.29. The molecule has 0 aromatic heterocycles. The predicted molar refractivity (Wildman–Crippen MR) is 70.0 cm³/mol. The molecule has 0 heterocycles. The van der Waals surface area contributed by atoms with Crippen LogP contribution in [0.5, 0.6) is 5.75 Å². The average molecular weight is 235 g/mol. The number of rotatable bonds is 3. The lowest BCUT2D eigenvalue weighted by Crippen LogP contribution is -2.16. The van der Waals surface area contributed by atoms with Crippen molar-refractivity contribution >= 4 is 17.2 Å². The summed E-state index contributed by atoms with van der Waals surface area (Å²) in [6, 6.07) is 5.98. The Morgan fingerprint density at radius 1 is 1.38 bits per heavy atom. The first-order chi connectivity index (χ1) is 7.66. The van der Waals surface area contributed by atoms with Gasteiger partial charge in [-0.05, 0) is 50.3 Å². The molecule has 0 unspecified atom stereocenters. The molecule has 0 radical (unpaired) electrons. The van der Waals surface area contributed by atoms with Crippen LogP contribution in [0.2, 0.25) is 0 Å². The van der Waals surface area contributed by atoms with Gasteiger partial charge in [0.2, 0.25) is 0 Å². The van der Waals surface area contributed by atoms with Crippen LogP contribution < -0.4 is 10.5 Å². The Morgan fingerprint density at radius 3 is 2.69 bits per heavy atom. The van der Waals surface area contributed by atoms with Crippen LogP contribution in [-0.2, 0) is 0 Å². The third-order valence-electron chi connectivity index (χ3n) is 3.00. The third-order valence-corrected chi connectivity index (χ3v) is 3.22. The molecule has 1 aliphatic rings. The Morgan fingerprint density at radius 2 is 2.06 bits per heavy atom. The summed E-state index contributed by atoms with van der Waals surface area (Å²) in [5.41, 5.74) is 7.72. The van der Waals surface area contributed by atoms with E-state index < -0.39 is 0 Å². The summed E-state index contributed by atoms with van der Waals surface area (Å²) >= 11 is 5.03. The molecule has 0 aliphatic heterocycles. The molecule has 3 heteroatoms. The third kappa shape index (κ3) is 2.53. The highest BCUT2D eigenvalue weighted by molar-refractivity contribution is 7.80. The van der Waals surface area contributed by atoms with Gasteiger partial charge < -0.3 is 10.5 Å². The highest BCUT2D eigenvalue weighted by Gasteiger charge is 2.18. The summed E-state index contributed by atoms with van der Waals surface area (Å²) in [4.78, 5) is 0.410. The minimum absolute atomic E-state index is 0.342. The standard InChI is InChI=1S/C13H17NOS/c1-9-6-7-11(13(14)16)12(8-9)15-10-4-2-3-5-10/h6-8,10H,2-5H2,1H3,(H2,14,16). The monoisotopic (exact) mass is 235 g/mol. The maximum atomic E-state index is 5.98. The van der Waals surface area contributed by atoms with Crippen LogP contribution in [0.1, 0.15) is 36.8 Å². The van der Waals surface area contributed by atoms with Crippen molar-refractivity contribution in [3.8, 4) is 5.75 Å². The lowest BCUT2D eigenvalue weighted by atomic mass is 10.1. The van der Waals surface area contributed by atoms with Gasteiger partial charge >= 0.3 is 0 Å². The first-order valence-corrected chi connectivity index (χ1v) is 6.15. The molecular formula is C13H17NOS. The number of aryl methyl sites for hydroxylation is 1. The Balaban J connectivity index is 2.22. The fourth-order valence-electron chi connectivity index (χ4n) is 2.12. The van der Waals surface area contributed by atoms with Crippen molar-refractivity contribution in [3.05, 3.63) is 29.3 Å². The molecule has 0 spiro atoms. The van der Waals surface area contributed by atoms with Crippen LogP contribution in [0.3, 0.4) is 0 Å². The molecule has 2 nitrogen and oxygen atoms in total. The highest BCUT2D eigenvalue weighted by atomic mass is 32.1. The maximum Gasteiger partial charge on any atom is 0.130 e. The van der Waals surface area contributed by atoms with Gasteiger partial charge in [-0.2, -0.15) is 0 Å². The summed E-state index contributed by atoms with van der Waals surface area (Å²) in [7, 11) is 0. The molecule has 1 fully saturated rings. The quantitative estimate of drug-likeness (QED) is 0.818. The summed E-state index contributed by atoms with van der Waals surface area (Å²) in [6.45, 7) is 2.05. The van der Waals surface area contributed by atoms with E-state index in [-0.39, 0.29) is 0 Å². The lowest BCUT2D eigenvalue weighted by molar-refractivity contribution is 0.209. The molecule has 16 heavy (non-hydrogen) atoms. The second kappa shape index (κ2) is 4.83. The van der Waals surface area contributed by atoms with E-state index in [0.717, 1.165) is 24.2 Å². The van der Waals surface area contributed by atoms with E-state index in [9.17, 15) is 0 Å². The number of benzene rings is 1. The second-order valence-electron chi connectivity index (χ2n) is 4.39. The largest absolute Gasteiger partial charge is 0.490 e. The van der Waals surface area contributed by atoms with Crippen LogP contribution in [0.25, 0.3) is 0 Å². The van der Waals surface area contributed by atoms with E-state index in [1.54, 1.807) is 0 Å². The maximum absolute atomic E-state index is 5.98. The van der Waals surface area contributed by atoms with Crippen molar-refractivity contribution in [1.82, 2.24) is 0 Å². The van der Waals surface area contributed by atoms with Gasteiger partial charge in [0, 0.05) is 0 Å². The molecule has 1 aliphatic carbocycles. The van der Waals surface area contributed by atoms with Gasteiger partial charge in [-0.3, -0.25) is 0 Å². The van der Waals surface area contributed by atoms with Crippen molar-refractivity contribution < 1.29 is 4.74 Å². The second-order valence-corrected chi connectivity index (χ2v) is 4.83. The van der Waals surface area contributed by atoms with Crippen LogP contribution in [0.15, 0.2) is 18.2 Å². The Kier molecular flexibility index (Phi) is 3.44. The van der Waals surface area contributed by atoms with Crippen molar-refractivity contribution in [1.29, 1.82) is 0 Å². The Labute approximate surface area is 102 Å². The normalized spacial score (nSPS) is 16.3. The molecule has 0 saturated heterocycles. The molecule has 0 amide bonds. The zero-order chi connectivity index (χ0) is 11.5. The van der Waals surface area contributed by atoms with E-state index in [0.29, 0.717) is 11.1 Å². The molecule has 1 saturated carbocycles. The summed E-state index contributed by atoms with van der Waals surface area (Å²) in [5.74, 6) is 0.847. The van der Waals surface area contributed by atoms with E-state index in [1.165, 1.54) is 18.4 Å². The molecule has 0 bridgehead atoms. The number of hydrogen-bond donors (Lipinski definition) is 1. The molecule has 0 atom stereocenters. The topological polar surface area (TPSA) is 35.2 Å². The molecule has 1 aromatic carbocycles. The van der Waals surface area contributed by atoms with E-state index in [4.69, 9.17) is 22.7 Å². The lowest BCUT2D eigenvalue weighted by Gasteiger charge is -2.16. The zero-order valence-corrected chi connectivity index (χ0v) is 10.3. The van der Waals surface area contributed by atoms with Gasteiger partial charge in [-0.15, -0.1) is 0 Å². The number of ether oxygens (including phenoxy) is 1. The van der Waals surface area contributed by atoms with Gasteiger partial charge in [0.25, 0.3) is 0 Å². The number of nitrogens with two attached hydrogens (primary N) is 1. The van der Waals surface area contributed by atoms with E-state index in [1.807, 2.05) is 25.1 Å². The van der Waals surface area contributed by atoms with Gasteiger partial charge in [0.05, 0.1) is 11.7 Å². The molecule has 86 valence electrons. The smallest absolute Gasteiger partial charge is 0.130 e. The van der Waals surface area contributed by atoms with Crippen molar-refractivity contribution in [2.24, 2.45) is 5.73 Å². The van der Waals surface area contributed by atoms with Crippen LogP contribution >= 0.6 is 12.2 Å². The summed E-state index contributed by atoms with van der Waals surface area (Å²) < 4.78 is 5.98. The average Bonchev–Trinajstić information content (AvgIpc) is 2.70.